The van der Waals surface area contributed by atoms with Crippen LogP contribution in [-0.4, -0.2) is 29.8 Å². The number of benzene rings is 1. The van der Waals surface area contributed by atoms with E-state index < -0.39 is 6.04 Å². The number of carbonyl (C=O) groups is 1. The van der Waals surface area contributed by atoms with Crippen LogP contribution in [0.2, 0.25) is 0 Å². The number of carbonyl (C=O) groups excluding carboxylic acids is 1. The second kappa shape index (κ2) is 6.53. The van der Waals surface area contributed by atoms with E-state index in [0.29, 0.717) is 12.1 Å². The Morgan fingerprint density at radius 2 is 2.19 bits per heavy atom. The molecule has 0 saturated carbocycles. The van der Waals surface area contributed by atoms with Gasteiger partial charge < -0.3 is 5.21 Å². The monoisotopic (exact) mass is 218 g/mol. The van der Waals surface area contributed by atoms with Crippen molar-refractivity contribution in [3.05, 3.63) is 48.6 Å². The molecule has 0 aliphatic heterocycles. The summed E-state index contributed by atoms with van der Waals surface area (Å²) in [5.41, 5.74) is 0.573. The molecule has 0 spiro atoms. The van der Waals surface area contributed by atoms with Gasteiger partial charge >= 0.3 is 0 Å². The number of ketones is 1. The molecule has 1 unspecified atom stereocenters. The zero-order valence-corrected chi connectivity index (χ0v) is 8.84. The summed E-state index contributed by atoms with van der Waals surface area (Å²) in [4.78, 5) is 11.9. The highest BCUT2D eigenvalue weighted by Crippen LogP contribution is 2.02. The Labute approximate surface area is 94.3 Å². The molecule has 0 fully saturated rings. The van der Waals surface area contributed by atoms with Gasteiger partial charge in [0.15, 0.2) is 5.78 Å². The Morgan fingerprint density at radius 1 is 1.50 bits per heavy atom. The van der Waals surface area contributed by atoms with Crippen LogP contribution in [0.1, 0.15) is 10.4 Å². The van der Waals surface area contributed by atoms with Crippen molar-refractivity contribution in [2.24, 2.45) is 5.16 Å². The van der Waals surface area contributed by atoms with Crippen molar-refractivity contribution in [1.82, 2.24) is 5.32 Å². The third kappa shape index (κ3) is 3.33. The molecule has 1 aromatic carbocycles. The molecule has 1 rings (SSSR count). The first-order valence-corrected chi connectivity index (χ1v) is 4.90. The molecule has 2 N–H and O–H groups in total. The number of rotatable bonds is 6. The average Bonchev–Trinajstić information content (AvgIpc) is 2.35. The Hall–Kier alpha value is -1.94. The maximum Gasteiger partial charge on any atom is 0.185 e. The molecule has 4 nitrogen and oxygen atoms in total. The number of hydrogen-bond donors (Lipinski definition) is 2. The second-order valence-electron chi connectivity index (χ2n) is 3.17. The zero-order valence-electron chi connectivity index (χ0n) is 8.84. The van der Waals surface area contributed by atoms with E-state index in [4.69, 9.17) is 5.21 Å². The van der Waals surface area contributed by atoms with Crippen LogP contribution in [-0.2, 0) is 0 Å². The lowest BCUT2D eigenvalue weighted by Gasteiger charge is -2.11. The highest BCUT2D eigenvalue weighted by Gasteiger charge is 2.16. The van der Waals surface area contributed by atoms with Crippen molar-refractivity contribution in [2.45, 2.75) is 6.04 Å². The fraction of sp³-hybridized carbons (Fsp3) is 0.167. The van der Waals surface area contributed by atoms with E-state index in [0.717, 1.165) is 0 Å². The van der Waals surface area contributed by atoms with Crippen LogP contribution in [0.4, 0.5) is 0 Å². The Balaban J connectivity index is 2.78. The zero-order chi connectivity index (χ0) is 11.8. The number of nitrogens with one attached hydrogen (secondary N) is 1. The van der Waals surface area contributed by atoms with Crippen molar-refractivity contribution < 1.29 is 10.0 Å². The molecule has 4 heteroatoms. The summed E-state index contributed by atoms with van der Waals surface area (Å²) in [5.74, 6) is -0.139. The van der Waals surface area contributed by atoms with Gasteiger partial charge in [-0.15, -0.1) is 6.58 Å². The predicted octanol–water partition coefficient (Wildman–Crippen LogP) is 1.47. The van der Waals surface area contributed by atoms with Gasteiger partial charge in [-0.2, -0.15) is 0 Å². The van der Waals surface area contributed by atoms with Crippen LogP contribution in [0.3, 0.4) is 0 Å². The molecule has 0 aliphatic rings. The third-order valence-corrected chi connectivity index (χ3v) is 2.04. The summed E-state index contributed by atoms with van der Waals surface area (Å²) >= 11 is 0. The van der Waals surface area contributed by atoms with Gasteiger partial charge in [0.05, 0.1) is 6.21 Å². The van der Waals surface area contributed by atoms with Crippen molar-refractivity contribution in [2.75, 3.05) is 6.54 Å². The molecule has 1 atom stereocenters. The highest BCUT2D eigenvalue weighted by molar-refractivity contribution is 6.09. The lowest BCUT2D eigenvalue weighted by molar-refractivity contribution is 0.0972. The van der Waals surface area contributed by atoms with E-state index in [2.05, 4.69) is 17.1 Å². The van der Waals surface area contributed by atoms with Crippen LogP contribution in [0.5, 0.6) is 0 Å². The van der Waals surface area contributed by atoms with E-state index in [1.54, 1.807) is 30.3 Å². The smallest absolute Gasteiger partial charge is 0.185 e. The fourth-order valence-electron chi connectivity index (χ4n) is 1.27. The Bertz CT molecular complexity index is 374. The Morgan fingerprint density at radius 3 is 2.75 bits per heavy atom. The first-order chi connectivity index (χ1) is 7.79. The van der Waals surface area contributed by atoms with Crippen LogP contribution in [0.15, 0.2) is 48.1 Å². The summed E-state index contributed by atoms with van der Waals surface area (Å²) in [6.45, 7) is 4.01. The van der Waals surface area contributed by atoms with Gasteiger partial charge in [0.25, 0.3) is 0 Å². The quantitative estimate of drug-likeness (QED) is 0.250. The largest absolute Gasteiger partial charge is 0.411 e. The van der Waals surface area contributed by atoms with E-state index >= 15 is 0 Å². The van der Waals surface area contributed by atoms with Gasteiger partial charge in [0.2, 0.25) is 0 Å². The fourth-order valence-corrected chi connectivity index (χ4v) is 1.27. The van der Waals surface area contributed by atoms with Gasteiger partial charge in [0.1, 0.15) is 6.04 Å². The van der Waals surface area contributed by atoms with Gasteiger partial charge in [-0.3, -0.25) is 10.1 Å². The molecule has 0 aliphatic carbocycles. The summed E-state index contributed by atoms with van der Waals surface area (Å²) in [5, 5.41) is 14.3. The SMILES string of the molecule is C=CCNC(/C=N/O)C(=O)c1ccccc1. The first-order valence-electron chi connectivity index (χ1n) is 4.90. The number of Topliss-reactive ketones (excluding diaryl/α,β-unsaturated/α-hetero) is 1. The summed E-state index contributed by atoms with van der Waals surface area (Å²) in [6.07, 6.45) is 2.80. The molecule has 0 bridgehead atoms. The standard InChI is InChI=1S/C12H14N2O2/c1-2-8-13-11(9-14-16)12(15)10-6-4-3-5-7-10/h2-7,9,11,13,16H,1,8H2/b14-9+. The maximum atomic E-state index is 11.9. The number of hydrogen-bond acceptors (Lipinski definition) is 4. The molecule has 0 radical (unpaired) electrons. The van der Waals surface area contributed by atoms with Gasteiger partial charge in [-0.1, -0.05) is 41.6 Å². The second-order valence-corrected chi connectivity index (χ2v) is 3.17. The molecule has 0 heterocycles. The summed E-state index contributed by atoms with van der Waals surface area (Å²) < 4.78 is 0. The summed E-state index contributed by atoms with van der Waals surface area (Å²) in [6, 6.07) is 8.21. The molecule has 84 valence electrons. The summed E-state index contributed by atoms with van der Waals surface area (Å²) in [7, 11) is 0. The molecule has 1 aromatic rings. The van der Waals surface area contributed by atoms with E-state index in [1.807, 2.05) is 6.07 Å². The molecule has 0 saturated heterocycles. The van der Waals surface area contributed by atoms with Crippen LogP contribution >= 0.6 is 0 Å². The normalized spacial score (nSPS) is 12.5. The van der Waals surface area contributed by atoms with Crippen LogP contribution < -0.4 is 5.32 Å². The molecular weight excluding hydrogens is 204 g/mol. The lowest BCUT2D eigenvalue weighted by atomic mass is 10.1. The molecule has 0 amide bonds. The van der Waals surface area contributed by atoms with Gasteiger partial charge in [0, 0.05) is 12.1 Å². The van der Waals surface area contributed by atoms with Crippen LogP contribution in [0.25, 0.3) is 0 Å². The van der Waals surface area contributed by atoms with Crippen molar-refractivity contribution in [1.29, 1.82) is 0 Å². The van der Waals surface area contributed by atoms with E-state index in [1.165, 1.54) is 6.21 Å². The predicted molar refractivity (Wildman–Crippen MR) is 63.0 cm³/mol. The number of nitrogens with zero attached hydrogens (tertiary/aromatic N) is 1. The molecule has 0 aromatic heterocycles. The lowest BCUT2D eigenvalue weighted by Crippen LogP contribution is -2.38. The third-order valence-electron chi connectivity index (χ3n) is 2.04. The molecular formula is C12H14N2O2. The van der Waals surface area contributed by atoms with E-state index in [-0.39, 0.29) is 5.78 Å². The van der Waals surface area contributed by atoms with Crippen molar-refractivity contribution in [3.63, 3.8) is 0 Å². The Kier molecular flexibility index (Phi) is 4.95. The first kappa shape index (κ1) is 12.1. The number of oxime groups is 1. The van der Waals surface area contributed by atoms with Crippen molar-refractivity contribution in [3.8, 4) is 0 Å². The maximum absolute atomic E-state index is 11.9. The topological polar surface area (TPSA) is 61.7 Å². The average molecular weight is 218 g/mol. The minimum absolute atomic E-state index is 0.139. The van der Waals surface area contributed by atoms with Gasteiger partial charge in [-0.25, -0.2) is 0 Å². The van der Waals surface area contributed by atoms with Crippen molar-refractivity contribution >= 4 is 12.0 Å². The van der Waals surface area contributed by atoms with E-state index in [9.17, 15) is 4.79 Å². The van der Waals surface area contributed by atoms with Crippen LogP contribution in [0, 0.1) is 0 Å². The molecule has 16 heavy (non-hydrogen) atoms. The minimum Gasteiger partial charge on any atom is -0.411 e. The highest BCUT2D eigenvalue weighted by atomic mass is 16.4. The minimum atomic E-state index is -0.634. The van der Waals surface area contributed by atoms with Gasteiger partial charge in [-0.05, 0) is 0 Å².